The molecule has 0 bridgehead atoms. The molecule has 1 saturated carbocycles. The van der Waals surface area contributed by atoms with Crippen molar-refractivity contribution in [2.24, 2.45) is 17.6 Å². The first-order valence-electron chi connectivity index (χ1n) is 15.8. The van der Waals surface area contributed by atoms with E-state index in [4.69, 9.17) is 5.73 Å². The van der Waals surface area contributed by atoms with E-state index in [-0.39, 0.29) is 10.8 Å². The molecule has 3 nitrogen and oxygen atoms in total. The molecule has 0 radical (unpaired) electrons. The van der Waals surface area contributed by atoms with Crippen LogP contribution in [0.2, 0.25) is 0 Å². The van der Waals surface area contributed by atoms with E-state index in [2.05, 4.69) is 100 Å². The second-order valence-corrected chi connectivity index (χ2v) is 14.2. The largest absolute Gasteiger partial charge is 0.330 e. The molecule has 3 aromatic carbocycles. The van der Waals surface area contributed by atoms with E-state index in [9.17, 15) is 4.79 Å². The predicted molar refractivity (Wildman–Crippen MR) is 171 cm³/mol. The summed E-state index contributed by atoms with van der Waals surface area (Å²) in [5.74, 6) is 1.17. The van der Waals surface area contributed by atoms with Crippen molar-refractivity contribution < 1.29 is 4.79 Å². The van der Waals surface area contributed by atoms with E-state index in [0.29, 0.717) is 11.8 Å². The molecule has 2 aliphatic carbocycles. The van der Waals surface area contributed by atoms with Gasteiger partial charge in [-0.15, -0.1) is 0 Å². The lowest BCUT2D eigenvalue weighted by molar-refractivity contribution is -0.118. The van der Waals surface area contributed by atoms with Gasteiger partial charge in [-0.1, -0.05) is 100 Å². The van der Waals surface area contributed by atoms with Crippen LogP contribution < -0.4 is 5.73 Å². The molecule has 0 amide bonds. The third kappa shape index (κ3) is 5.81. The lowest BCUT2D eigenvalue weighted by Gasteiger charge is -2.45. The number of nitrogens with two attached hydrogens (primary N) is 1. The minimum Gasteiger partial charge on any atom is -0.330 e. The number of aryl methyl sites for hydroxylation is 1. The van der Waals surface area contributed by atoms with E-state index in [1.54, 1.807) is 0 Å². The highest BCUT2D eigenvalue weighted by molar-refractivity contribution is 5.74. The average molecular weight is 551 g/mol. The lowest BCUT2D eigenvalue weighted by atomic mass is 9.62. The van der Waals surface area contributed by atoms with Gasteiger partial charge in [0, 0.05) is 13.1 Å². The number of carbonyl (C=O) groups excluding carboxylic acids is 1. The first-order chi connectivity index (χ1) is 19.6. The third-order valence-electron chi connectivity index (χ3n) is 10.5. The summed E-state index contributed by atoms with van der Waals surface area (Å²) in [5.41, 5.74) is 13.2. The molecule has 41 heavy (non-hydrogen) atoms. The molecule has 0 atom stereocenters. The van der Waals surface area contributed by atoms with Crippen molar-refractivity contribution in [1.29, 1.82) is 0 Å². The van der Waals surface area contributed by atoms with Crippen molar-refractivity contribution in [3.8, 4) is 0 Å². The molecule has 0 heterocycles. The maximum absolute atomic E-state index is 13.6. The topological polar surface area (TPSA) is 46.3 Å². The SMILES string of the molecule is Cc1cc2c(cc1CN(CC1CCC(CN)CC1)C(C=O)(c1ccccc1)c1ccccc1)C(C)(C)CCC2(C)C. The van der Waals surface area contributed by atoms with Crippen molar-refractivity contribution in [2.75, 3.05) is 13.1 Å². The Balaban J connectivity index is 1.64. The summed E-state index contributed by atoms with van der Waals surface area (Å²) in [6.07, 6.45) is 8.31. The van der Waals surface area contributed by atoms with Gasteiger partial charge in [0.05, 0.1) is 0 Å². The molecular formula is C38H50N2O. The molecular weight excluding hydrogens is 500 g/mol. The number of hydrogen-bond donors (Lipinski definition) is 1. The Labute approximate surface area is 248 Å². The molecule has 2 aliphatic rings. The van der Waals surface area contributed by atoms with Crippen molar-refractivity contribution in [3.63, 3.8) is 0 Å². The van der Waals surface area contributed by atoms with Gasteiger partial charge in [0.1, 0.15) is 11.8 Å². The zero-order valence-corrected chi connectivity index (χ0v) is 26.0. The molecule has 218 valence electrons. The fourth-order valence-corrected chi connectivity index (χ4v) is 7.56. The van der Waals surface area contributed by atoms with Crippen molar-refractivity contribution in [1.82, 2.24) is 4.90 Å². The number of hydrogen-bond acceptors (Lipinski definition) is 3. The van der Waals surface area contributed by atoms with Crippen LogP contribution in [0.15, 0.2) is 72.8 Å². The minimum atomic E-state index is -0.871. The standard InChI is InChI=1S/C38H50N2O/c1-28-22-34-35(37(4,5)21-20-36(34,2)3)23-31(28)26-40(25-30-18-16-29(24-39)17-19-30)38(27-41,32-12-8-6-9-13-32)33-14-10-7-11-15-33/h6-15,22-23,27,29-30H,16-21,24-26,39H2,1-5H3. The first kappa shape index (κ1) is 29.7. The smallest absolute Gasteiger partial charge is 0.149 e. The lowest BCUT2D eigenvalue weighted by Crippen LogP contribution is -2.50. The maximum atomic E-state index is 13.6. The molecule has 0 spiro atoms. The molecule has 0 aromatic heterocycles. The number of fused-ring (bicyclic) bond motifs is 1. The molecule has 1 fully saturated rings. The number of carbonyl (C=O) groups is 1. The van der Waals surface area contributed by atoms with Gasteiger partial charge in [-0.05, 0) is 108 Å². The van der Waals surface area contributed by atoms with Gasteiger partial charge in [0.2, 0.25) is 0 Å². The summed E-state index contributed by atoms with van der Waals surface area (Å²) in [4.78, 5) is 16.2. The van der Waals surface area contributed by atoms with E-state index in [1.807, 2.05) is 12.1 Å². The molecule has 2 N–H and O–H groups in total. The van der Waals surface area contributed by atoms with E-state index in [1.165, 1.54) is 67.1 Å². The van der Waals surface area contributed by atoms with Crippen LogP contribution in [0.25, 0.3) is 0 Å². The predicted octanol–water partition coefficient (Wildman–Crippen LogP) is 8.05. The first-order valence-corrected chi connectivity index (χ1v) is 15.8. The fraction of sp³-hybridized carbons (Fsp3) is 0.500. The van der Waals surface area contributed by atoms with Gasteiger partial charge in [-0.2, -0.15) is 0 Å². The Bertz CT molecular complexity index is 1280. The van der Waals surface area contributed by atoms with E-state index in [0.717, 1.165) is 30.8 Å². The van der Waals surface area contributed by atoms with Crippen molar-refractivity contribution in [3.05, 3.63) is 106 Å². The van der Waals surface area contributed by atoms with Crippen LogP contribution in [0.5, 0.6) is 0 Å². The van der Waals surface area contributed by atoms with Crippen LogP contribution in [0.1, 0.15) is 99.6 Å². The number of aldehydes is 1. The quantitative estimate of drug-likeness (QED) is 0.274. The van der Waals surface area contributed by atoms with Gasteiger partial charge in [-0.25, -0.2) is 0 Å². The van der Waals surface area contributed by atoms with Gasteiger partial charge >= 0.3 is 0 Å². The van der Waals surface area contributed by atoms with Crippen molar-refractivity contribution in [2.45, 2.75) is 96.1 Å². The molecule has 3 aromatic rings. The van der Waals surface area contributed by atoms with E-state index >= 15 is 0 Å². The fourth-order valence-electron chi connectivity index (χ4n) is 7.56. The van der Waals surface area contributed by atoms with Gasteiger partial charge < -0.3 is 10.5 Å². The summed E-state index contributed by atoms with van der Waals surface area (Å²) in [6, 6.07) is 25.8. The maximum Gasteiger partial charge on any atom is 0.149 e. The average Bonchev–Trinajstić information content (AvgIpc) is 2.98. The van der Waals surface area contributed by atoms with E-state index < -0.39 is 5.54 Å². The Morgan fingerprint density at radius 1 is 0.805 bits per heavy atom. The second-order valence-electron chi connectivity index (χ2n) is 14.2. The normalized spacial score (nSPS) is 21.8. The summed E-state index contributed by atoms with van der Waals surface area (Å²) in [5, 5.41) is 0. The molecule has 0 aliphatic heterocycles. The summed E-state index contributed by atoms with van der Waals surface area (Å²) in [7, 11) is 0. The Hall–Kier alpha value is -2.75. The number of rotatable bonds is 9. The summed E-state index contributed by atoms with van der Waals surface area (Å²) >= 11 is 0. The van der Waals surface area contributed by atoms with Crippen LogP contribution in [0.4, 0.5) is 0 Å². The monoisotopic (exact) mass is 550 g/mol. The molecule has 5 rings (SSSR count). The third-order valence-corrected chi connectivity index (χ3v) is 10.5. The second kappa shape index (κ2) is 11.9. The van der Waals surface area contributed by atoms with Gasteiger partial charge in [-0.3, -0.25) is 4.90 Å². The Morgan fingerprint density at radius 2 is 1.29 bits per heavy atom. The van der Waals surface area contributed by atoms with Crippen LogP contribution in [0.3, 0.4) is 0 Å². The summed E-state index contributed by atoms with van der Waals surface area (Å²) in [6.45, 7) is 14.3. The summed E-state index contributed by atoms with van der Waals surface area (Å²) < 4.78 is 0. The minimum absolute atomic E-state index is 0.138. The van der Waals surface area contributed by atoms with Gasteiger partial charge in [0.15, 0.2) is 0 Å². The van der Waals surface area contributed by atoms with Crippen LogP contribution >= 0.6 is 0 Å². The van der Waals surface area contributed by atoms with Crippen LogP contribution in [-0.2, 0) is 27.7 Å². The highest BCUT2D eigenvalue weighted by Gasteiger charge is 2.43. The van der Waals surface area contributed by atoms with Crippen LogP contribution in [-0.4, -0.2) is 24.3 Å². The zero-order valence-electron chi connectivity index (χ0n) is 26.0. The molecule has 3 heteroatoms. The zero-order chi connectivity index (χ0) is 29.3. The number of benzene rings is 3. The van der Waals surface area contributed by atoms with Crippen molar-refractivity contribution >= 4 is 6.29 Å². The highest BCUT2D eigenvalue weighted by Crippen LogP contribution is 2.47. The van der Waals surface area contributed by atoms with Gasteiger partial charge in [0.25, 0.3) is 0 Å². The molecule has 0 saturated heterocycles. The van der Waals surface area contributed by atoms with Crippen LogP contribution in [0, 0.1) is 18.8 Å². The Morgan fingerprint density at radius 3 is 1.78 bits per heavy atom. The number of nitrogens with zero attached hydrogens (tertiary/aromatic N) is 1. The Kier molecular flexibility index (Phi) is 8.60. The molecule has 0 unspecified atom stereocenters. The highest BCUT2D eigenvalue weighted by atomic mass is 16.1.